The predicted octanol–water partition coefficient (Wildman–Crippen LogP) is 4.66. The van der Waals surface area contributed by atoms with E-state index in [4.69, 9.17) is 18.9 Å². The highest BCUT2D eigenvalue weighted by molar-refractivity contribution is 6.02. The Labute approximate surface area is 184 Å². The van der Waals surface area contributed by atoms with Gasteiger partial charge in [-0.3, -0.25) is 9.59 Å². The molecule has 31 heavy (non-hydrogen) atoms. The molecule has 0 aliphatic rings. The highest BCUT2D eigenvalue weighted by Gasteiger charge is 2.41. The lowest BCUT2D eigenvalue weighted by molar-refractivity contribution is -0.204. The standard InChI is InChI=1S/C25H32O6/c1-25(29-3,30-4)23(26)22(24(27)28-2)13-9-6-10-18-31-21-16-14-20(15-17-21)19-11-7-5-8-12-19/h5,7-8,11-12,14-17,22H,6,9-10,13,18H2,1-4H3/t22-/m1/s1. The van der Waals surface area contributed by atoms with E-state index in [1.807, 2.05) is 42.5 Å². The van der Waals surface area contributed by atoms with Gasteiger partial charge in [-0.25, -0.2) is 0 Å². The summed E-state index contributed by atoms with van der Waals surface area (Å²) in [5, 5.41) is 0. The zero-order valence-electron chi connectivity index (χ0n) is 18.8. The molecule has 0 unspecified atom stereocenters. The quantitative estimate of drug-likeness (QED) is 0.200. The van der Waals surface area contributed by atoms with Crippen molar-refractivity contribution in [1.82, 2.24) is 0 Å². The first-order valence-corrected chi connectivity index (χ1v) is 10.5. The largest absolute Gasteiger partial charge is 0.494 e. The molecule has 0 radical (unpaired) electrons. The summed E-state index contributed by atoms with van der Waals surface area (Å²) in [7, 11) is 4.02. The van der Waals surface area contributed by atoms with Gasteiger partial charge in [-0.15, -0.1) is 0 Å². The fourth-order valence-corrected chi connectivity index (χ4v) is 3.29. The number of hydrogen-bond donors (Lipinski definition) is 0. The number of ketones is 1. The molecule has 168 valence electrons. The number of carbonyl (C=O) groups is 2. The van der Waals surface area contributed by atoms with Gasteiger partial charge in [0.25, 0.3) is 0 Å². The first kappa shape index (κ1) is 24.6. The molecular weight excluding hydrogens is 396 g/mol. The zero-order chi connectivity index (χ0) is 22.7. The van der Waals surface area contributed by atoms with Crippen LogP contribution >= 0.6 is 0 Å². The summed E-state index contributed by atoms with van der Waals surface area (Å²) in [4.78, 5) is 24.8. The fraction of sp³-hybridized carbons (Fsp3) is 0.440. The predicted molar refractivity (Wildman–Crippen MR) is 119 cm³/mol. The number of hydrogen-bond acceptors (Lipinski definition) is 6. The molecule has 0 saturated carbocycles. The lowest BCUT2D eigenvalue weighted by Gasteiger charge is -2.28. The average Bonchev–Trinajstić information content (AvgIpc) is 2.83. The van der Waals surface area contributed by atoms with E-state index in [0.29, 0.717) is 19.4 Å². The fourth-order valence-electron chi connectivity index (χ4n) is 3.29. The summed E-state index contributed by atoms with van der Waals surface area (Å²) in [5.74, 6) is -2.56. The van der Waals surface area contributed by atoms with E-state index in [2.05, 4.69) is 12.1 Å². The monoisotopic (exact) mass is 428 g/mol. The van der Waals surface area contributed by atoms with E-state index >= 15 is 0 Å². The maximum Gasteiger partial charge on any atom is 0.316 e. The van der Waals surface area contributed by atoms with Gasteiger partial charge < -0.3 is 18.9 Å². The molecule has 0 amide bonds. The van der Waals surface area contributed by atoms with Gasteiger partial charge >= 0.3 is 5.97 Å². The zero-order valence-corrected chi connectivity index (χ0v) is 18.8. The third-order valence-corrected chi connectivity index (χ3v) is 5.40. The molecule has 0 bridgehead atoms. The topological polar surface area (TPSA) is 71.1 Å². The summed E-state index contributed by atoms with van der Waals surface area (Å²) >= 11 is 0. The summed E-state index contributed by atoms with van der Waals surface area (Å²) in [6.07, 6.45) is 2.69. The van der Waals surface area contributed by atoms with Crippen LogP contribution in [0.15, 0.2) is 54.6 Å². The van der Waals surface area contributed by atoms with Crippen LogP contribution in [0.1, 0.15) is 32.6 Å². The van der Waals surface area contributed by atoms with Gasteiger partial charge in [-0.1, -0.05) is 55.3 Å². The van der Waals surface area contributed by atoms with Crippen LogP contribution in [0.25, 0.3) is 11.1 Å². The molecule has 0 aliphatic carbocycles. The van der Waals surface area contributed by atoms with E-state index in [0.717, 1.165) is 24.2 Å². The minimum atomic E-state index is -1.46. The molecule has 0 spiro atoms. The molecular formula is C25H32O6. The van der Waals surface area contributed by atoms with Gasteiger partial charge in [0.2, 0.25) is 11.6 Å². The molecule has 0 aliphatic heterocycles. The van der Waals surface area contributed by atoms with Crippen LogP contribution < -0.4 is 4.74 Å². The second-order valence-electron chi connectivity index (χ2n) is 7.38. The van der Waals surface area contributed by atoms with Gasteiger partial charge in [0.15, 0.2) is 0 Å². The van der Waals surface area contributed by atoms with Crippen LogP contribution in [0.5, 0.6) is 5.75 Å². The van der Waals surface area contributed by atoms with E-state index in [1.54, 1.807) is 0 Å². The van der Waals surface area contributed by atoms with Crippen LogP contribution in [0.2, 0.25) is 0 Å². The lowest BCUT2D eigenvalue weighted by Crippen LogP contribution is -2.46. The Morgan fingerprint density at radius 3 is 2.03 bits per heavy atom. The van der Waals surface area contributed by atoms with Crippen molar-refractivity contribution in [3.8, 4) is 16.9 Å². The molecule has 1 atom stereocenters. The second kappa shape index (κ2) is 12.2. The number of ether oxygens (including phenoxy) is 4. The van der Waals surface area contributed by atoms with Crippen molar-refractivity contribution in [2.75, 3.05) is 27.9 Å². The van der Waals surface area contributed by atoms with Crippen molar-refractivity contribution < 1.29 is 28.5 Å². The normalized spacial score (nSPS) is 12.3. The molecule has 2 aromatic rings. The number of benzene rings is 2. The molecule has 0 N–H and O–H groups in total. The summed E-state index contributed by atoms with van der Waals surface area (Å²) < 4.78 is 20.9. The molecule has 0 heterocycles. The van der Waals surface area contributed by atoms with Crippen LogP contribution in [-0.4, -0.2) is 45.5 Å². The Balaban J connectivity index is 1.77. The maximum absolute atomic E-state index is 12.7. The number of rotatable bonds is 13. The first-order chi connectivity index (χ1) is 14.9. The van der Waals surface area contributed by atoms with Gasteiger partial charge in [-0.05, 0) is 43.0 Å². The lowest BCUT2D eigenvalue weighted by atomic mass is 9.92. The van der Waals surface area contributed by atoms with Crippen LogP contribution in [0, 0.1) is 5.92 Å². The average molecular weight is 429 g/mol. The molecule has 6 nitrogen and oxygen atoms in total. The third-order valence-electron chi connectivity index (χ3n) is 5.40. The van der Waals surface area contributed by atoms with Gasteiger partial charge in [0, 0.05) is 14.2 Å². The highest BCUT2D eigenvalue weighted by atomic mass is 16.7. The molecule has 6 heteroatoms. The molecule has 2 aromatic carbocycles. The number of carbonyl (C=O) groups excluding carboxylic acids is 2. The van der Waals surface area contributed by atoms with E-state index in [1.165, 1.54) is 33.8 Å². The maximum atomic E-state index is 12.7. The Bertz CT molecular complexity index is 812. The van der Waals surface area contributed by atoms with Crippen LogP contribution in [-0.2, 0) is 23.8 Å². The number of Topliss-reactive ketones (excluding diaryl/α,β-unsaturated/α-hetero) is 1. The Morgan fingerprint density at radius 2 is 1.45 bits per heavy atom. The molecule has 0 aromatic heterocycles. The van der Waals surface area contributed by atoms with Gasteiger partial charge in [0.05, 0.1) is 13.7 Å². The summed E-state index contributed by atoms with van der Waals surface area (Å²) in [6.45, 7) is 2.07. The molecule has 2 rings (SSSR count). The van der Waals surface area contributed by atoms with Gasteiger partial charge in [0.1, 0.15) is 11.7 Å². The molecule has 0 fully saturated rings. The van der Waals surface area contributed by atoms with E-state index < -0.39 is 23.5 Å². The summed E-state index contributed by atoms with van der Waals surface area (Å²) in [5.41, 5.74) is 2.31. The molecule has 0 saturated heterocycles. The van der Waals surface area contributed by atoms with Crippen molar-refractivity contribution in [3.05, 3.63) is 54.6 Å². The first-order valence-electron chi connectivity index (χ1n) is 10.5. The number of esters is 1. The Hall–Kier alpha value is -2.70. The van der Waals surface area contributed by atoms with Crippen LogP contribution in [0.4, 0.5) is 0 Å². The third kappa shape index (κ3) is 6.91. The van der Waals surface area contributed by atoms with Gasteiger partial charge in [-0.2, -0.15) is 0 Å². The van der Waals surface area contributed by atoms with Crippen molar-refractivity contribution in [1.29, 1.82) is 0 Å². The van der Waals surface area contributed by atoms with Crippen molar-refractivity contribution in [3.63, 3.8) is 0 Å². The van der Waals surface area contributed by atoms with Crippen LogP contribution in [0.3, 0.4) is 0 Å². The SMILES string of the molecule is COC(=O)[C@H](CCCCCOc1ccc(-c2ccccc2)cc1)C(=O)C(C)(OC)OC. The Morgan fingerprint density at radius 1 is 0.839 bits per heavy atom. The number of unbranched alkanes of at least 4 members (excludes halogenated alkanes) is 2. The number of methoxy groups -OCH3 is 3. The minimum Gasteiger partial charge on any atom is -0.494 e. The van der Waals surface area contributed by atoms with Crippen molar-refractivity contribution >= 4 is 11.8 Å². The Kier molecular flexibility index (Phi) is 9.69. The van der Waals surface area contributed by atoms with Crippen molar-refractivity contribution in [2.45, 2.75) is 38.4 Å². The van der Waals surface area contributed by atoms with Crippen molar-refractivity contribution in [2.24, 2.45) is 5.92 Å². The smallest absolute Gasteiger partial charge is 0.316 e. The second-order valence-corrected chi connectivity index (χ2v) is 7.38. The van der Waals surface area contributed by atoms with E-state index in [-0.39, 0.29) is 0 Å². The minimum absolute atomic E-state index is 0.375. The van der Waals surface area contributed by atoms with E-state index in [9.17, 15) is 9.59 Å². The highest BCUT2D eigenvalue weighted by Crippen LogP contribution is 2.24. The summed E-state index contributed by atoms with van der Waals surface area (Å²) in [6, 6.07) is 18.2.